The molecule has 6 heteroatoms. The number of aromatic nitrogens is 1. The summed E-state index contributed by atoms with van der Waals surface area (Å²) in [5.41, 5.74) is 1.97. The molecule has 0 aliphatic heterocycles. The van der Waals surface area contributed by atoms with Gasteiger partial charge in [-0.1, -0.05) is 36.8 Å². The molecular weight excluding hydrogens is 308 g/mol. The fourth-order valence-electron chi connectivity index (χ4n) is 2.25. The fraction of sp³-hybridized carbons (Fsp3) is 0.278. The van der Waals surface area contributed by atoms with Crippen LogP contribution in [0, 0.1) is 12.1 Å². The van der Waals surface area contributed by atoms with E-state index in [4.69, 9.17) is 4.74 Å². The minimum absolute atomic E-state index is 0.155. The number of pyridine rings is 1. The molecule has 0 bridgehead atoms. The molecule has 6 nitrogen and oxygen atoms in total. The Balaban J connectivity index is 1.91. The SMILES string of the molecule is CC[C@H](NC(=O)COC(=O)c1cccc[n+]1[O-])c1ccc(C)cc1. The standard InChI is InChI=1S/C18H20N2O4/c1-3-15(14-9-7-13(2)8-10-14)19-17(21)12-24-18(22)16-6-4-5-11-20(16)23/h4-11,15H,3,12H2,1-2H3,(H,19,21)/t15-/m0/s1. The van der Waals surface area contributed by atoms with Crippen LogP contribution in [0.15, 0.2) is 48.7 Å². The number of aryl methyl sites for hydroxylation is 1. The number of nitrogens with zero attached hydrogens (tertiary/aromatic N) is 1. The number of benzene rings is 1. The molecule has 0 saturated carbocycles. The van der Waals surface area contributed by atoms with Gasteiger partial charge >= 0.3 is 11.7 Å². The van der Waals surface area contributed by atoms with Crippen molar-refractivity contribution in [2.24, 2.45) is 0 Å². The zero-order chi connectivity index (χ0) is 17.5. The largest absolute Gasteiger partial charge is 0.618 e. The third-order valence-corrected chi connectivity index (χ3v) is 3.59. The highest BCUT2D eigenvalue weighted by atomic mass is 16.5. The molecule has 1 atom stereocenters. The molecule has 1 aromatic heterocycles. The molecule has 0 radical (unpaired) electrons. The maximum Gasteiger partial charge on any atom is 0.405 e. The summed E-state index contributed by atoms with van der Waals surface area (Å²) in [6.45, 7) is 3.52. The van der Waals surface area contributed by atoms with Gasteiger partial charge in [-0.3, -0.25) is 4.79 Å². The van der Waals surface area contributed by atoms with Crippen molar-refractivity contribution in [3.05, 3.63) is 70.7 Å². The summed E-state index contributed by atoms with van der Waals surface area (Å²) in [5.74, 6) is -1.24. The average Bonchev–Trinajstić information content (AvgIpc) is 2.59. The molecule has 0 fully saturated rings. The number of ether oxygens (including phenoxy) is 1. The van der Waals surface area contributed by atoms with Gasteiger partial charge in [0.25, 0.3) is 5.91 Å². The summed E-state index contributed by atoms with van der Waals surface area (Å²) in [4.78, 5) is 23.8. The number of carbonyl (C=O) groups excluding carboxylic acids is 2. The van der Waals surface area contributed by atoms with Crippen LogP contribution >= 0.6 is 0 Å². The summed E-state index contributed by atoms with van der Waals surface area (Å²) >= 11 is 0. The molecule has 1 N–H and O–H groups in total. The molecule has 0 spiro atoms. The Kier molecular flexibility index (Phi) is 5.89. The number of amides is 1. The Hall–Kier alpha value is -2.89. The van der Waals surface area contributed by atoms with Gasteiger partial charge in [-0.2, -0.15) is 4.73 Å². The second-order valence-electron chi connectivity index (χ2n) is 5.43. The molecule has 126 valence electrons. The van der Waals surface area contributed by atoms with E-state index >= 15 is 0 Å². The van der Waals surface area contributed by atoms with Crippen LogP contribution < -0.4 is 10.0 Å². The van der Waals surface area contributed by atoms with Gasteiger partial charge in [0.15, 0.2) is 12.8 Å². The van der Waals surface area contributed by atoms with Gasteiger partial charge in [-0.05, 0) is 25.0 Å². The van der Waals surface area contributed by atoms with E-state index < -0.39 is 18.5 Å². The maximum absolute atomic E-state index is 12.0. The molecule has 1 amide bonds. The van der Waals surface area contributed by atoms with Gasteiger partial charge in [-0.15, -0.1) is 0 Å². The number of rotatable bonds is 6. The van der Waals surface area contributed by atoms with Crippen molar-refractivity contribution in [1.29, 1.82) is 0 Å². The maximum atomic E-state index is 12.0. The van der Waals surface area contributed by atoms with Crippen LogP contribution in [-0.2, 0) is 9.53 Å². The second kappa shape index (κ2) is 8.10. The third kappa shape index (κ3) is 4.55. The van der Waals surface area contributed by atoms with Gasteiger partial charge < -0.3 is 15.3 Å². The molecule has 0 unspecified atom stereocenters. The van der Waals surface area contributed by atoms with E-state index in [9.17, 15) is 14.8 Å². The normalized spacial score (nSPS) is 11.6. The van der Waals surface area contributed by atoms with E-state index in [1.54, 1.807) is 6.07 Å². The highest BCUT2D eigenvalue weighted by molar-refractivity contribution is 5.88. The van der Waals surface area contributed by atoms with Crippen molar-refractivity contribution in [3.63, 3.8) is 0 Å². The lowest BCUT2D eigenvalue weighted by Gasteiger charge is -2.17. The lowest BCUT2D eigenvalue weighted by atomic mass is 10.0. The van der Waals surface area contributed by atoms with E-state index in [0.29, 0.717) is 11.2 Å². The quantitative estimate of drug-likeness (QED) is 0.500. The van der Waals surface area contributed by atoms with Crippen molar-refractivity contribution in [2.45, 2.75) is 26.3 Å². The lowest BCUT2D eigenvalue weighted by Crippen LogP contribution is -2.37. The highest BCUT2D eigenvalue weighted by Crippen LogP contribution is 2.16. The predicted octanol–water partition coefficient (Wildman–Crippen LogP) is 2.05. The first kappa shape index (κ1) is 17.5. The van der Waals surface area contributed by atoms with E-state index in [1.165, 1.54) is 18.3 Å². The Labute approximate surface area is 140 Å². The zero-order valence-electron chi connectivity index (χ0n) is 13.7. The van der Waals surface area contributed by atoms with Crippen LogP contribution in [0.3, 0.4) is 0 Å². The van der Waals surface area contributed by atoms with Crippen LogP contribution in [0.1, 0.15) is 41.0 Å². The molecular formula is C18H20N2O4. The number of hydrogen-bond donors (Lipinski definition) is 1. The van der Waals surface area contributed by atoms with Crippen LogP contribution in [0.25, 0.3) is 0 Å². The summed E-state index contributed by atoms with van der Waals surface area (Å²) in [6, 6.07) is 12.1. The minimum atomic E-state index is -0.830. The highest BCUT2D eigenvalue weighted by Gasteiger charge is 2.19. The zero-order valence-corrected chi connectivity index (χ0v) is 13.7. The molecule has 0 aliphatic rings. The third-order valence-electron chi connectivity index (χ3n) is 3.59. The molecule has 2 aromatic rings. The van der Waals surface area contributed by atoms with Crippen LogP contribution in [0.4, 0.5) is 0 Å². The predicted molar refractivity (Wildman–Crippen MR) is 88.0 cm³/mol. The van der Waals surface area contributed by atoms with Crippen molar-refractivity contribution >= 4 is 11.9 Å². The Morgan fingerprint density at radius 3 is 2.54 bits per heavy atom. The number of hydrogen-bond acceptors (Lipinski definition) is 4. The fourth-order valence-corrected chi connectivity index (χ4v) is 2.25. The van der Waals surface area contributed by atoms with Gasteiger partial charge in [0.05, 0.1) is 6.04 Å². The van der Waals surface area contributed by atoms with Crippen molar-refractivity contribution in [3.8, 4) is 0 Å². The Morgan fingerprint density at radius 2 is 1.92 bits per heavy atom. The minimum Gasteiger partial charge on any atom is -0.618 e. The summed E-state index contributed by atoms with van der Waals surface area (Å²) < 4.78 is 5.30. The summed E-state index contributed by atoms with van der Waals surface area (Å²) in [6.07, 6.45) is 1.91. The van der Waals surface area contributed by atoms with Crippen molar-refractivity contribution in [1.82, 2.24) is 5.32 Å². The molecule has 0 aliphatic carbocycles. The smallest absolute Gasteiger partial charge is 0.405 e. The van der Waals surface area contributed by atoms with E-state index in [1.807, 2.05) is 38.1 Å². The number of carbonyl (C=O) groups is 2. The molecule has 1 aromatic carbocycles. The van der Waals surface area contributed by atoms with E-state index in [0.717, 1.165) is 11.1 Å². The molecule has 24 heavy (non-hydrogen) atoms. The summed E-state index contributed by atoms with van der Waals surface area (Å²) in [7, 11) is 0. The lowest BCUT2D eigenvalue weighted by molar-refractivity contribution is -0.608. The Morgan fingerprint density at radius 1 is 1.21 bits per heavy atom. The second-order valence-corrected chi connectivity index (χ2v) is 5.43. The first-order valence-corrected chi connectivity index (χ1v) is 7.72. The molecule has 2 rings (SSSR count). The van der Waals surface area contributed by atoms with Gasteiger partial charge in [0, 0.05) is 12.1 Å². The number of nitrogens with one attached hydrogen (secondary N) is 1. The molecule has 0 saturated heterocycles. The summed E-state index contributed by atoms with van der Waals surface area (Å²) in [5, 5.41) is 14.3. The van der Waals surface area contributed by atoms with Gasteiger partial charge in [0.2, 0.25) is 0 Å². The average molecular weight is 328 g/mol. The van der Waals surface area contributed by atoms with Crippen LogP contribution in [0.2, 0.25) is 0 Å². The topological polar surface area (TPSA) is 82.3 Å². The molecule has 1 heterocycles. The van der Waals surface area contributed by atoms with Crippen LogP contribution in [0.5, 0.6) is 0 Å². The van der Waals surface area contributed by atoms with Crippen molar-refractivity contribution in [2.75, 3.05) is 6.61 Å². The van der Waals surface area contributed by atoms with Crippen molar-refractivity contribution < 1.29 is 19.1 Å². The first-order valence-electron chi connectivity index (χ1n) is 7.72. The Bertz CT molecular complexity index is 713. The van der Waals surface area contributed by atoms with E-state index in [2.05, 4.69) is 5.32 Å². The van der Waals surface area contributed by atoms with Gasteiger partial charge in [-0.25, -0.2) is 4.79 Å². The number of esters is 1. The van der Waals surface area contributed by atoms with E-state index in [-0.39, 0.29) is 11.7 Å². The van der Waals surface area contributed by atoms with Crippen LogP contribution in [-0.4, -0.2) is 18.5 Å². The monoisotopic (exact) mass is 328 g/mol. The first-order chi connectivity index (χ1) is 11.5. The van der Waals surface area contributed by atoms with Gasteiger partial charge in [0.1, 0.15) is 0 Å².